The molecule has 2 aromatic heterocycles. The summed E-state index contributed by atoms with van der Waals surface area (Å²) in [6.45, 7) is 4.28. The first-order valence-electron chi connectivity index (χ1n) is 12.1. The molecule has 0 aliphatic heterocycles. The number of rotatable bonds is 2. The summed E-state index contributed by atoms with van der Waals surface area (Å²) in [5.74, 6) is 0. The predicted octanol–water partition coefficient (Wildman–Crippen LogP) is 8.33. The summed E-state index contributed by atoms with van der Waals surface area (Å²) >= 11 is 0. The van der Waals surface area contributed by atoms with Crippen LogP contribution in [-0.4, -0.2) is 4.57 Å². The molecule has 0 aliphatic carbocycles. The summed E-state index contributed by atoms with van der Waals surface area (Å²) in [6.07, 6.45) is 0. The lowest BCUT2D eigenvalue weighted by Crippen LogP contribution is -2.01. The molecule has 5 aromatic carbocycles. The van der Waals surface area contributed by atoms with Gasteiger partial charge in [-0.3, -0.25) is 4.79 Å². The van der Waals surface area contributed by atoms with Crippen molar-refractivity contribution in [1.82, 2.24) is 4.57 Å². The van der Waals surface area contributed by atoms with Gasteiger partial charge in [-0.25, -0.2) is 0 Å². The number of nitrogens with zero attached hydrogens (tertiary/aromatic N) is 1. The highest BCUT2D eigenvalue weighted by Gasteiger charge is 2.14. The van der Waals surface area contributed by atoms with Crippen LogP contribution in [0.2, 0.25) is 0 Å². The van der Waals surface area contributed by atoms with Gasteiger partial charge in [0, 0.05) is 16.5 Å². The molecule has 7 aromatic rings. The number of hydrogen-bond acceptors (Lipinski definition) is 2. The van der Waals surface area contributed by atoms with E-state index in [0.29, 0.717) is 21.9 Å². The Morgan fingerprint density at radius 1 is 0.556 bits per heavy atom. The highest BCUT2D eigenvalue weighted by molar-refractivity contribution is 6.09. The minimum absolute atomic E-state index is 0.00279. The van der Waals surface area contributed by atoms with Gasteiger partial charge in [-0.05, 0) is 85.6 Å². The van der Waals surface area contributed by atoms with Crippen molar-refractivity contribution in [3.8, 4) is 16.8 Å². The summed E-state index contributed by atoms with van der Waals surface area (Å²) in [5.41, 5.74) is 9.27. The maximum atomic E-state index is 13.0. The van der Waals surface area contributed by atoms with Crippen LogP contribution >= 0.6 is 0 Å². The van der Waals surface area contributed by atoms with Gasteiger partial charge in [0.15, 0.2) is 0 Å². The Kier molecular flexibility index (Phi) is 4.43. The fourth-order valence-corrected chi connectivity index (χ4v) is 5.33. The number of aromatic nitrogens is 1. The van der Waals surface area contributed by atoms with Crippen LogP contribution in [0.25, 0.3) is 60.6 Å². The Balaban J connectivity index is 1.44. The molecule has 0 amide bonds. The van der Waals surface area contributed by atoms with Crippen molar-refractivity contribution in [3.63, 3.8) is 0 Å². The second-order valence-electron chi connectivity index (χ2n) is 9.57. The molecule has 3 heteroatoms. The van der Waals surface area contributed by atoms with Crippen molar-refractivity contribution in [2.24, 2.45) is 0 Å². The molecule has 0 saturated heterocycles. The molecule has 3 nitrogen and oxygen atoms in total. The van der Waals surface area contributed by atoms with Gasteiger partial charge in [0.2, 0.25) is 5.43 Å². The SMILES string of the molecule is Cc1ccc2c(c1)c1cc(C)ccc1n2-c1cccc(-c2ccc3c(=O)c4ccccc4oc3c2)c1. The lowest BCUT2D eigenvalue weighted by atomic mass is 10.0. The number of para-hydroxylation sites is 1. The van der Waals surface area contributed by atoms with E-state index < -0.39 is 0 Å². The maximum Gasteiger partial charge on any atom is 0.200 e. The molecule has 7 rings (SSSR count). The van der Waals surface area contributed by atoms with E-state index >= 15 is 0 Å². The third-order valence-corrected chi connectivity index (χ3v) is 7.09. The van der Waals surface area contributed by atoms with Crippen molar-refractivity contribution in [3.05, 3.63) is 124 Å². The summed E-state index contributed by atoms with van der Waals surface area (Å²) < 4.78 is 8.46. The monoisotopic (exact) mass is 465 g/mol. The van der Waals surface area contributed by atoms with E-state index in [0.717, 1.165) is 16.8 Å². The van der Waals surface area contributed by atoms with Crippen LogP contribution in [0.15, 0.2) is 112 Å². The topological polar surface area (TPSA) is 35.1 Å². The van der Waals surface area contributed by atoms with E-state index in [2.05, 4.69) is 79.1 Å². The van der Waals surface area contributed by atoms with Crippen molar-refractivity contribution in [2.75, 3.05) is 0 Å². The smallest absolute Gasteiger partial charge is 0.200 e. The number of fused-ring (bicyclic) bond motifs is 5. The van der Waals surface area contributed by atoms with E-state index in [9.17, 15) is 4.79 Å². The van der Waals surface area contributed by atoms with Crippen molar-refractivity contribution in [1.29, 1.82) is 0 Å². The largest absolute Gasteiger partial charge is 0.456 e. The van der Waals surface area contributed by atoms with E-state index in [-0.39, 0.29) is 5.43 Å². The lowest BCUT2D eigenvalue weighted by molar-refractivity contribution is 0.660. The lowest BCUT2D eigenvalue weighted by Gasteiger charge is -2.11. The molecule has 36 heavy (non-hydrogen) atoms. The standard InChI is InChI=1S/C33H23NO2/c1-20-10-14-29-27(16-20)28-17-21(2)11-15-30(28)34(29)24-7-5-6-22(18-24)23-12-13-26-32(19-23)36-31-9-4-3-8-25(31)33(26)35/h3-19H,1-2H3. The number of aryl methyl sites for hydroxylation is 2. The molecule has 0 aliphatic rings. The Morgan fingerprint density at radius 2 is 1.22 bits per heavy atom. The van der Waals surface area contributed by atoms with Gasteiger partial charge in [0.05, 0.1) is 21.8 Å². The summed E-state index contributed by atoms with van der Waals surface area (Å²) in [6, 6.07) is 35.1. The first-order valence-corrected chi connectivity index (χ1v) is 12.1. The first kappa shape index (κ1) is 20.7. The summed E-state index contributed by atoms with van der Waals surface area (Å²) in [4.78, 5) is 13.0. The zero-order chi connectivity index (χ0) is 24.4. The molecule has 2 heterocycles. The summed E-state index contributed by atoms with van der Waals surface area (Å²) in [5, 5.41) is 3.73. The van der Waals surface area contributed by atoms with Crippen LogP contribution in [0, 0.1) is 13.8 Å². The zero-order valence-electron chi connectivity index (χ0n) is 20.1. The molecule has 0 radical (unpaired) electrons. The average Bonchev–Trinajstić information content (AvgIpc) is 3.21. The molecular weight excluding hydrogens is 442 g/mol. The molecule has 172 valence electrons. The summed E-state index contributed by atoms with van der Waals surface area (Å²) in [7, 11) is 0. The third kappa shape index (κ3) is 3.10. The van der Waals surface area contributed by atoms with Gasteiger partial charge in [-0.2, -0.15) is 0 Å². The van der Waals surface area contributed by atoms with E-state index in [1.54, 1.807) is 0 Å². The van der Waals surface area contributed by atoms with Crippen molar-refractivity contribution in [2.45, 2.75) is 13.8 Å². The van der Waals surface area contributed by atoms with Gasteiger partial charge < -0.3 is 8.98 Å². The van der Waals surface area contributed by atoms with Crippen LogP contribution in [0.4, 0.5) is 0 Å². The fourth-order valence-electron chi connectivity index (χ4n) is 5.33. The van der Waals surface area contributed by atoms with Crippen molar-refractivity contribution >= 4 is 43.7 Å². The first-order chi connectivity index (χ1) is 17.6. The Morgan fingerprint density at radius 3 is 1.97 bits per heavy atom. The maximum absolute atomic E-state index is 13.0. The molecule has 0 N–H and O–H groups in total. The Hall–Kier alpha value is -4.63. The minimum Gasteiger partial charge on any atom is -0.456 e. The molecular formula is C33H23NO2. The van der Waals surface area contributed by atoms with Crippen LogP contribution in [0.5, 0.6) is 0 Å². The van der Waals surface area contributed by atoms with Crippen LogP contribution in [0.3, 0.4) is 0 Å². The van der Waals surface area contributed by atoms with E-state index in [1.165, 1.54) is 32.9 Å². The number of benzene rings is 5. The Bertz CT molecular complexity index is 1980. The highest BCUT2D eigenvalue weighted by Crippen LogP contribution is 2.35. The van der Waals surface area contributed by atoms with Crippen LogP contribution in [0.1, 0.15) is 11.1 Å². The minimum atomic E-state index is 0.00279. The normalized spacial score (nSPS) is 11.7. The Labute approximate surface area is 207 Å². The molecule has 0 spiro atoms. The molecule has 0 atom stereocenters. The third-order valence-electron chi connectivity index (χ3n) is 7.09. The molecule has 0 unspecified atom stereocenters. The van der Waals surface area contributed by atoms with Gasteiger partial charge in [-0.1, -0.05) is 53.6 Å². The fraction of sp³-hybridized carbons (Fsp3) is 0.0606. The second-order valence-corrected chi connectivity index (χ2v) is 9.57. The van der Waals surface area contributed by atoms with Crippen LogP contribution in [-0.2, 0) is 0 Å². The van der Waals surface area contributed by atoms with E-state index in [4.69, 9.17) is 4.42 Å². The molecule has 0 bridgehead atoms. The van der Waals surface area contributed by atoms with Gasteiger partial charge in [0.25, 0.3) is 0 Å². The highest BCUT2D eigenvalue weighted by atomic mass is 16.3. The molecule has 0 saturated carbocycles. The zero-order valence-corrected chi connectivity index (χ0v) is 20.1. The van der Waals surface area contributed by atoms with Gasteiger partial charge in [0.1, 0.15) is 11.2 Å². The van der Waals surface area contributed by atoms with Gasteiger partial charge in [-0.15, -0.1) is 0 Å². The van der Waals surface area contributed by atoms with Crippen molar-refractivity contribution < 1.29 is 4.42 Å². The van der Waals surface area contributed by atoms with Gasteiger partial charge >= 0.3 is 0 Å². The van der Waals surface area contributed by atoms with Crippen LogP contribution < -0.4 is 5.43 Å². The quantitative estimate of drug-likeness (QED) is 0.241. The number of hydrogen-bond donors (Lipinski definition) is 0. The average molecular weight is 466 g/mol. The second kappa shape index (κ2) is 7.69. The molecule has 0 fully saturated rings. The van der Waals surface area contributed by atoms with E-state index in [1.807, 2.05) is 42.5 Å². The predicted molar refractivity (Wildman–Crippen MR) is 149 cm³/mol.